The molecule has 2 bridgehead atoms. The first kappa shape index (κ1) is 26.1. The van der Waals surface area contributed by atoms with Gasteiger partial charge in [0.15, 0.2) is 5.82 Å². The summed E-state index contributed by atoms with van der Waals surface area (Å²) in [4.78, 5) is 18.5. The van der Waals surface area contributed by atoms with Crippen molar-refractivity contribution in [3.05, 3.63) is 35.3 Å². The minimum absolute atomic E-state index is 0.105. The number of halogens is 2. The molecule has 9 nitrogen and oxygen atoms in total. The molecule has 4 atom stereocenters. The third-order valence-electron chi connectivity index (χ3n) is 9.64. The zero-order chi connectivity index (χ0) is 28.7. The Morgan fingerprint density at radius 1 is 1.12 bits per heavy atom. The van der Waals surface area contributed by atoms with Gasteiger partial charge < -0.3 is 25.1 Å². The second-order valence-corrected chi connectivity index (χ2v) is 12.7. The molecule has 3 N–H and O–H groups in total. The number of fused-ring (bicyclic) bond motifs is 6. The van der Waals surface area contributed by atoms with Gasteiger partial charge in [0.25, 0.3) is 0 Å². The van der Waals surface area contributed by atoms with E-state index in [0.717, 1.165) is 56.3 Å². The number of piperazine rings is 1. The van der Waals surface area contributed by atoms with E-state index in [2.05, 4.69) is 20.1 Å². The SMILES string of the molecule is Cc1cc(N)nc(-c2c(F)c3nc(OC[C@@]45CCCN4C[C@H](F)C5)nc(N4C[C@H]5CC[C@@H](C4)N5)c3c3cc(C)oc23)c1. The fraction of sp³-hybridized carbons (Fsp3) is 0.516. The van der Waals surface area contributed by atoms with Crippen molar-refractivity contribution < 1.29 is 17.9 Å². The maximum atomic E-state index is 16.9. The van der Waals surface area contributed by atoms with Crippen LogP contribution in [0.3, 0.4) is 0 Å². The van der Waals surface area contributed by atoms with Gasteiger partial charge in [0.05, 0.1) is 22.2 Å². The minimum atomic E-state index is -0.870. The van der Waals surface area contributed by atoms with Gasteiger partial charge in [0.2, 0.25) is 0 Å². The van der Waals surface area contributed by atoms with E-state index < -0.39 is 12.0 Å². The van der Waals surface area contributed by atoms with Crippen LogP contribution in [-0.2, 0) is 0 Å². The molecule has 0 unspecified atom stereocenters. The van der Waals surface area contributed by atoms with Crippen LogP contribution in [0.15, 0.2) is 22.6 Å². The molecule has 8 rings (SSSR count). The third-order valence-corrected chi connectivity index (χ3v) is 9.64. The summed E-state index contributed by atoms with van der Waals surface area (Å²) >= 11 is 0. The number of benzene rings is 1. The lowest BCUT2D eigenvalue weighted by molar-refractivity contribution is 0.107. The number of nitrogens with zero attached hydrogens (tertiary/aromatic N) is 5. The van der Waals surface area contributed by atoms with Crippen LogP contribution < -0.4 is 20.7 Å². The van der Waals surface area contributed by atoms with Crippen molar-refractivity contribution in [1.29, 1.82) is 0 Å². The number of aryl methyl sites for hydroxylation is 2. The first-order valence-electron chi connectivity index (χ1n) is 15.0. The van der Waals surface area contributed by atoms with Crippen molar-refractivity contribution in [3.63, 3.8) is 0 Å². The van der Waals surface area contributed by atoms with Crippen molar-refractivity contribution >= 4 is 33.5 Å². The maximum Gasteiger partial charge on any atom is 0.319 e. The molecule has 4 aliphatic rings. The summed E-state index contributed by atoms with van der Waals surface area (Å²) < 4.78 is 43.8. The van der Waals surface area contributed by atoms with Gasteiger partial charge in [-0.05, 0) is 69.8 Å². The molecule has 1 aromatic carbocycles. The molecule has 0 saturated carbocycles. The Bertz CT molecular complexity index is 1690. The molecular weight excluding hydrogens is 540 g/mol. The molecule has 42 heavy (non-hydrogen) atoms. The highest BCUT2D eigenvalue weighted by Crippen LogP contribution is 2.44. The Kier molecular flexibility index (Phi) is 5.88. The average molecular weight is 576 g/mol. The number of nitrogens with two attached hydrogens (primary N) is 1. The average Bonchev–Trinajstić information content (AvgIpc) is 3.68. The van der Waals surface area contributed by atoms with Crippen LogP contribution in [0, 0.1) is 19.7 Å². The summed E-state index contributed by atoms with van der Waals surface area (Å²) in [5.41, 5.74) is 7.72. The topological polar surface area (TPSA) is 106 Å². The fourth-order valence-corrected chi connectivity index (χ4v) is 7.90. The van der Waals surface area contributed by atoms with Crippen LogP contribution in [0.5, 0.6) is 6.01 Å². The van der Waals surface area contributed by atoms with Crippen LogP contribution >= 0.6 is 0 Å². The maximum absolute atomic E-state index is 16.9. The molecule has 4 aliphatic heterocycles. The lowest BCUT2D eigenvalue weighted by Crippen LogP contribution is -2.51. The number of ether oxygens (including phenoxy) is 1. The van der Waals surface area contributed by atoms with Gasteiger partial charge in [-0.2, -0.15) is 9.97 Å². The monoisotopic (exact) mass is 575 g/mol. The van der Waals surface area contributed by atoms with E-state index >= 15 is 4.39 Å². The molecule has 0 radical (unpaired) electrons. The van der Waals surface area contributed by atoms with Crippen LogP contribution in [-0.4, -0.2) is 76.4 Å². The number of alkyl halides is 1. The molecule has 0 amide bonds. The Morgan fingerprint density at radius 2 is 1.93 bits per heavy atom. The third kappa shape index (κ3) is 4.11. The van der Waals surface area contributed by atoms with Gasteiger partial charge in [-0.1, -0.05) is 0 Å². The number of aromatic nitrogens is 3. The van der Waals surface area contributed by atoms with Crippen LogP contribution in [0.2, 0.25) is 0 Å². The van der Waals surface area contributed by atoms with Crippen LogP contribution in [0.4, 0.5) is 20.4 Å². The molecule has 4 aromatic rings. The smallest absolute Gasteiger partial charge is 0.319 e. The Hall–Kier alpha value is -3.57. The lowest BCUT2D eigenvalue weighted by Gasteiger charge is -2.35. The van der Waals surface area contributed by atoms with Crippen molar-refractivity contribution in [1.82, 2.24) is 25.2 Å². The van der Waals surface area contributed by atoms with Crippen molar-refractivity contribution in [2.75, 3.05) is 43.4 Å². The fourth-order valence-electron chi connectivity index (χ4n) is 7.90. The number of hydrogen-bond donors (Lipinski definition) is 2. The Balaban J connectivity index is 1.32. The van der Waals surface area contributed by atoms with Crippen molar-refractivity contribution in [3.8, 4) is 17.3 Å². The van der Waals surface area contributed by atoms with Gasteiger partial charge >= 0.3 is 6.01 Å². The molecule has 0 aliphatic carbocycles. The van der Waals surface area contributed by atoms with E-state index in [0.29, 0.717) is 59.1 Å². The summed E-state index contributed by atoms with van der Waals surface area (Å²) in [6.07, 6.45) is 3.62. The van der Waals surface area contributed by atoms with Gasteiger partial charge in [-0.3, -0.25) is 4.90 Å². The zero-order valence-electron chi connectivity index (χ0n) is 23.9. The van der Waals surface area contributed by atoms with E-state index in [9.17, 15) is 4.39 Å². The highest BCUT2D eigenvalue weighted by Gasteiger charge is 2.49. The van der Waals surface area contributed by atoms with Crippen LogP contribution in [0.25, 0.3) is 33.1 Å². The van der Waals surface area contributed by atoms with E-state index in [1.54, 1.807) is 12.1 Å². The van der Waals surface area contributed by atoms with Gasteiger partial charge in [-0.25, -0.2) is 13.8 Å². The summed E-state index contributed by atoms with van der Waals surface area (Å²) in [5.74, 6) is 1.03. The van der Waals surface area contributed by atoms with Gasteiger partial charge in [-0.15, -0.1) is 0 Å². The number of hydrogen-bond acceptors (Lipinski definition) is 9. The Labute approximate surface area is 242 Å². The molecule has 220 valence electrons. The van der Waals surface area contributed by atoms with E-state index in [1.807, 2.05) is 19.9 Å². The minimum Gasteiger partial charge on any atom is -0.461 e. The number of rotatable bonds is 5. The molecule has 7 heterocycles. The predicted molar refractivity (Wildman–Crippen MR) is 157 cm³/mol. The second-order valence-electron chi connectivity index (χ2n) is 12.7. The summed E-state index contributed by atoms with van der Waals surface area (Å²) in [5, 5.41) is 4.99. The molecule has 4 fully saturated rings. The largest absolute Gasteiger partial charge is 0.461 e. The highest BCUT2D eigenvalue weighted by atomic mass is 19.1. The lowest BCUT2D eigenvalue weighted by atomic mass is 9.95. The number of nitrogen functional groups attached to an aromatic ring is 1. The van der Waals surface area contributed by atoms with Crippen molar-refractivity contribution in [2.45, 2.75) is 69.7 Å². The van der Waals surface area contributed by atoms with Gasteiger partial charge in [0.1, 0.15) is 41.3 Å². The standard InChI is InChI=1S/C31H35F2N7O2/c1-16-8-22(36-23(34)9-16)25-26(33)27-24(21-10-17(2)42-28(21)25)29(39-13-19-4-5-20(14-39)35-19)38-30(37-27)41-15-31-6-3-7-40(31)12-18(32)11-31/h8-10,18-20,35H,3-7,11-15H2,1-2H3,(H2,34,36)/t18-,19-,20+,31+/m1/s1. The summed E-state index contributed by atoms with van der Waals surface area (Å²) in [7, 11) is 0. The van der Waals surface area contributed by atoms with Crippen LogP contribution in [0.1, 0.15) is 43.4 Å². The van der Waals surface area contributed by atoms with E-state index in [-0.39, 0.29) is 29.2 Å². The van der Waals surface area contributed by atoms with Crippen molar-refractivity contribution in [2.24, 2.45) is 0 Å². The predicted octanol–water partition coefficient (Wildman–Crippen LogP) is 4.67. The first-order chi connectivity index (χ1) is 20.3. The summed E-state index contributed by atoms with van der Waals surface area (Å²) in [6, 6.07) is 6.25. The number of pyridine rings is 1. The molecule has 11 heteroatoms. The first-order valence-corrected chi connectivity index (χ1v) is 15.0. The number of anilines is 2. The Morgan fingerprint density at radius 3 is 2.71 bits per heavy atom. The summed E-state index contributed by atoms with van der Waals surface area (Å²) in [6.45, 7) is 6.80. The normalized spacial score (nSPS) is 27.4. The second kappa shape index (κ2) is 9.47. The molecule has 3 aromatic heterocycles. The molecular formula is C31H35F2N7O2. The van der Waals surface area contributed by atoms with E-state index in [4.69, 9.17) is 24.9 Å². The van der Waals surface area contributed by atoms with E-state index in [1.165, 1.54) is 0 Å². The highest BCUT2D eigenvalue weighted by molar-refractivity contribution is 6.15. The number of nitrogens with one attached hydrogen (secondary N) is 1. The zero-order valence-corrected chi connectivity index (χ0v) is 23.9. The van der Waals surface area contributed by atoms with Gasteiger partial charge in [0, 0.05) is 43.5 Å². The number of furan rings is 1. The molecule has 0 spiro atoms. The quantitative estimate of drug-likeness (QED) is 0.351. The molecule has 4 saturated heterocycles.